The second-order valence-corrected chi connectivity index (χ2v) is 6.39. The number of carbonyl (C=O) groups excluding carboxylic acids is 1. The van der Waals surface area contributed by atoms with Crippen LogP contribution in [-0.2, 0) is 0 Å². The molecule has 0 bridgehead atoms. The maximum atomic E-state index is 12.1. The van der Waals surface area contributed by atoms with Crippen LogP contribution in [0.4, 0.5) is 0 Å². The minimum absolute atomic E-state index is 0.188. The number of thiazole rings is 1. The zero-order valence-corrected chi connectivity index (χ0v) is 13.9. The molecule has 4 nitrogen and oxygen atoms in total. The van der Waals surface area contributed by atoms with Gasteiger partial charge in [-0.05, 0) is 36.4 Å². The summed E-state index contributed by atoms with van der Waals surface area (Å²) in [6.07, 6.45) is 6.68. The first-order chi connectivity index (χ1) is 11.7. The van der Waals surface area contributed by atoms with Gasteiger partial charge in [0.1, 0.15) is 0 Å². The van der Waals surface area contributed by atoms with E-state index in [9.17, 15) is 4.79 Å². The van der Waals surface area contributed by atoms with Gasteiger partial charge in [-0.3, -0.25) is 9.20 Å². The molecule has 24 heavy (non-hydrogen) atoms. The van der Waals surface area contributed by atoms with Crippen LogP contribution in [-0.4, -0.2) is 15.2 Å². The molecule has 0 aliphatic carbocycles. The maximum Gasteiger partial charge on any atom is 0.221 e. The Morgan fingerprint density at radius 2 is 2.08 bits per heavy atom. The molecule has 0 unspecified atom stereocenters. The molecular formula is C18H11ClN2O2S. The fraction of sp³-hybridized carbons (Fsp3) is 0. The van der Waals surface area contributed by atoms with Crippen LogP contribution in [0.25, 0.3) is 22.3 Å². The number of furan rings is 1. The van der Waals surface area contributed by atoms with E-state index in [-0.39, 0.29) is 5.78 Å². The van der Waals surface area contributed by atoms with E-state index in [1.165, 1.54) is 12.3 Å². The number of fused-ring (bicyclic) bond motifs is 1. The van der Waals surface area contributed by atoms with Crippen molar-refractivity contribution < 1.29 is 9.21 Å². The van der Waals surface area contributed by atoms with E-state index in [4.69, 9.17) is 16.0 Å². The molecule has 0 aliphatic heterocycles. The molecule has 0 amide bonds. The van der Waals surface area contributed by atoms with Crippen LogP contribution in [0.2, 0.25) is 5.02 Å². The van der Waals surface area contributed by atoms with Crippen molar-refractivity contribution in [3.05, 3.63) is 76.8 Å². The van der Waals surface area contributed by atoms with Crippen LogP contribution in [0, 0.1) is 0 Å². The summed E-state index contributed by atoms with van der Waals surface area (Å²) in [5.74, 6) is 0.123. The molecular weight excluding hydrogens is 344 g/mol. The SMILES string of the molecule is O=C(/C=C/c1c(-c2ccc(Cl)cc2)nc2sccn12)c1ccco1. The largest absolute Gasteiger partial charge is 0.461 e. The molecule has 3 aromatic heterocycles. The smallest absolute Gasteiger partial charge is 0.221 e. The van der Waals surface area contributed by atoms with Crippen molar-refractivity contribution in [3.63, 3.8) is 0 Å². The van der Waals surface area contributed by atoms with E-state index in [2.05, 4.69) is 4.98 Å². The van der Waals surface area contributed by atoms with Gasteiger partial charge < -0.3 is 4.42 Å². The highest BCUT2D eigenvalue weighted by Crippen LogP contribution is 2.28. The summed E-state index contributed by atoms with van der Waals surface area (Å²) in [6.45, 7) is 0. The van der Waals surface area contributed by atoms with Gasteiger partial charge in [0, 0.05) is 22.2 Å². The lowest BCUT2D eigenvalue weighted by Crippen LogP contribution is -1.92. The number of halogens is 1. The third kappa shape index (κ3) is 2.68. The van der Waals surface area contributed by atoms with Crippen molar-refractivity contribution in [1.82, 2.24) is 9.38 Å². The summed E-state index contributed by atoms with van der Waals surface area (Å²) in [5.41, 5.74) is 2.59. The van der Waals surface area contributed by atoms with Gasteiger partial charge >= 0.3 is 0 Å². The number of rotatable bonds is 4. The Hall–Kier alpha value is -2.63. The number of ketones is 1. The molecule has 0 saturated carbocycles. The topological polar surface area (TPSA) is 47.5 Å². The Morgan fingerprint density at radius 3 is 2.83 bits per heavy atom. The molecule has 0 atom stereocenters. The Balaban J connectivity index is 1.78. The number of imidazole rings is 1. The quantitative estimate of drug-likeness (QED) is 0.373. The predicted molar refractivity (Wildman–Crippen MR) is 95.6 cm³/mol. The Morgan fingerprint density at radius 1 is 1.25 bits per heavy atom. The molecule has 0 spiro atoms. The van der Waals surface area contributed by atoms with E-state index in [0.717, 1.165) is 21.9 Å². The molecule has 3 heterocycles. The average molecular weight is 355 g/mol. The maximum absolute atomic E-state index is 12.1. The molecule has 0 saturated heterocycles. The molecule has 4 aromatic rings. The predicted octanol–water partition coefficient (Wildman–Crippen LogP) is 5.21. The average Bonchev–Trinajstić information content (AvgIpc) is 3.31. The lowest BCUT2D eigenvalue weighted by atomic mass is 10.1. The number of allylic oxidation sites excluding steroid dienone is 1. The van der Waals surface area contributed by atoms with E-state index in [1.54, 1.807) is 29.5 Å². The van der Waals surface area contributed by atoms with Gasteiger partial charge in [-0.15, -0.1) is 11.3 Å². The fourth-order valence-corrected chi connectivity index (χ4v) is 3.29. The van der Waals surface area contributed by atoms with E-state index in [0.29, 0.717) is 10.8 Å². The number of nitrogens with zero attached hydrogens (tertiary/aromatic N) is 2. The first-order valence-corrected chi connectivity index (χ1v) is 8.45. The summed E-state index contributed by atoms with van der Waals surface area (Å²) >= 11 is 7.50. The van der Waals surface area contributed by atoms with Gasteiger partial charge in [0.25, 0.3) is 0 Å². The highest BCUT2D eigenvalue weighted by molar-refractivity contribution is 7.15. The number of aromatic nitrogens is 2. The van der Waals surface area contributed by atoms with Crippen LogP contribution in [0.1, 0.15) is 16.2 Å². The summed E-state index contributed by atoms with van der Waals surface area (Å²) < 4.78 is 7.09. The second kappa shape index (κ2) is 6.11. The molecule has 0 radical (unpaired) electrons. The summed E-state index contributed by atoms with van der Waals surface area (Å²) in [6, 6.07) is 10.8. The van der Waals surface area contributed by atoms with Crippen molar-refractivity contribution >= 4 is 39.8 Å². The van der Waals surface area contributed by atoms with E-state index < -0.39 is 0 Å². The van der Waals surface area contributed by atoms with E-state index >= 15 is 0 Å². The lowest BCUT2D eigenvalue weighted by molar-refractivity contribution is 0.102. The van der Waals surface area contributed by atoms with Crippen LogP contribution in [0.3, 0.4) is 0 Å². The molecule has 1 aromatic carbocycles. The second-order valence-electron chi connectivity index (χ2n) is 5.08. The van der Waals surface area contributed by atoms with Crippen LogP contribution in [0.15, 0.2) is 64.7 Å². The van der Waals surface area contributed by atoms with Crippen LogP contribution >= 0.6 is 22.9 Å². The fourth-order valence-electron chi connectivity index (χ4n) is 2.44. The molecule has 6 heteroatoms. The van der Waals surface area contributed by atoms with Gasteiger partial charge in [0.2, 0.25) is 5.78 Å². The first-order valence-electron chi connectivity index (χ1n) is 7.20. The normalized spacial score (nSPS) is 11.5. The van der Waals surface area contributed by atoms with Crippen molar-refractivity contribution in [3.8, 4) is 11.3 Å². The van der Waals surface area contributed by atoms with Crippen LogP contribution < -0.4 is 0 Å². The highest BCUT2D eigenvalue weighted by atomic mass is 35.5. The minimum atomic E-state index is -0.188. The third-order valence-electron chi connectivity index (χ3n) is 3.57. The number of hydrogen-bond donors (Lipinski definition) is 0. The summed E-state index contributed by atoms with van der Waals surface area (Å²) in [5, 5.41) is 2.63. The summed E-state index contributed by atoms with van der Waals surface area (Å²) in [4.78, 5) is 17.7. The first kappa shape index (κ1) is 14.9. The molecule has 118 valence electrons. The minimum Gasteiger partial charge on any atom is -0.461 e. The lowest BCUT2D eigenvalue weighted by Gasteiger charge is -2.00. The summed E-state index contributed by atoms with van der Waals surface area (Å²) in [7, 11) is 0. The van der Waals surface area contributed by atoms with Crippen LogP contribution in [0.5, 0.6) is 0 Å². The van der Waals surface area contributed by atoms with Gasteiger partial charge in [-0.2, -0.15) is 0 Å². The van der Waals surface area contributed by atoms with Crippen molar-refractivity contribution in [2.45, 2.75) is 0 Å². The van der Waals surface area contributed by atoms with Crippen molar-refractivity contribution in [2.75, 3.05) is 0 Å². The van der Waals surface area contributed by atoms with Gasteiger partial charge in [-0.25, -0.2) is 4.98 Å². The number of benzene rings is 1. The number of hydrogen-bond acceptors (Lipinski definition) is 4. The molecule has 4 rings (SSSR count). The van der Waals surface area contributed by atoms with Crippen molar-refractivity contribution in [1.29, 1.82) is 0 Å². The monoisotopic (exact) mass is 354 g/mol. The zero-order valence-electron chi connectivity index (χ0n) is 12.3. The zero-order chi connectivity index (χ0) is 16.5. The Labute approximate surface area is 146 Å². The third-order valence-corrected chi connectivity index (χ3v) is 4.58. The van der Waals surface area contributed by atoms with Crippen molar-refractivity contribution in [2.24, 2.45) is 0 Å². The van der Waals surface area contributed by atoms with Gasteiger partial charge in [0.05, 0.1) is 17.7 Å². The van der Waals surface area contributed by atoms with E-state index in [1.807, 2.05) is 40.2 Å². The highest BCUT2D eigenvalue weighted by Gasteiger charge is 2.13. The standard InChI is InChI=1S/C18H11ClN2O2S/c19-13-5-3-12(4-6-13)17-14(21-9-11-24-18(21)20-17)7-8-15(22)16-2-1-10-23-16/h1-11H/b8-7+. The molecule has 0 N–H and O–H groups in total. The number of carbonyl (C=O) groups is 1. The Kier molecular flexibility index (Phi) is 3.80. The van der Waals surface area contributed by atoms with Gasteiger partial charge in [0.15, 0.2) is 10.7 Å². The van der Waals surface area contributed by atoms with Gasteiger partial charge in [-0.1, -0.05) is 23.7 Å². The Bertz CT molecular complexity index is 1030. The molecule has 0 fully saturated rings. The molecule has 0 aliphatic rings.